The summed E-state index contributed by atoms with van der Waals surface area (Å²) in [6, 6.07) is 7.17. The minimum absolute atomic E-state index is 0.0337. The lowest BCUT2D eigenvalue weighted by molar-refractivity contribution is 0.596. The summed E-state index contributed by atoms with van der Waals surface area (Å²) < 4.78 is 41.0. The number of anilines is 1. The maximum atomic E-state index is 13.2. The third-order valence-corrected chi connectivity index (χ3v) is 4.47. The van der Waals surface area contributed by atoms with Crippen molar-refractivity contribution in [3.8, 4) is 0 Å². The van der Waals surface area contributed by atoms with E-state index in [1.165, 1.54) is 6.07 Å². The van der Waals surface area contributed by atoms with E-state index in [4.69, 9.17) is 0 Å². The zero-order chi connectivity index (χ0) is 15.6. The minimum Gasteiger partial charge on any atom is -0.355 e. The Hall–Kier alpha value is -2.48. The number of pyridine rings is 1. The smallest absolute Gasteiger partial charge is 0.287 e. The third kappa shape index (κ3) is 3.06. The molecule has 1 aromatic carbocycles. The Morgan fingerprint density at radius 1 is 1.18 bits per heavy atom. The van der Waals surface area contributed by atoms with Crippen molar-refractivity contribution in [3.63, 3.8) is 0 Å². The molecule has 6 nitrogen and oxygen atoms in total. The highest BCUT2D eigenvalue weighted by atomic mass is 32.2. The molecular formula is C14H13FN4O2S. The second-order valence-corrected chi connectivity index (χ2v) is 6.29. The summed E-state index contributed by atoms with van der Waals surface area (Å²) in [5.74, 6) is -0.424. The molecular weight excluding hydrogens is 307 g/mol. The molecule has 0 aliphatic carbocycles. The Balaban J connectivity index is 1.72. The number of nitrogens with zero attached hydrogens (tertiary/aromatic N) is 2. The van der Waals surface area contributed by atoms with E-state index < -0.39 is 15.8 Å². The van der Waals surface area contributed by atoms with E-state index in [-0.39, 0.29) is 16.5 Å². The molecule has 1 aliphatic heterocycles. The molecule has 0 saturated heterocycles. The lowest BCUT2D eigenvalue weighted by Crippen LogP contribution is -2.35. The summed E-state index contributed by atoms with van der Waals surface area (Å²) in [5, 5.41) is 5.69. The van der Waals surface area contributed by atoms with Crippen LogP contribution >= 0.6 is 0 Å². The number of benzene rings is 1. The molecule has 2 aromatic rings. The van der Waals surface area contributed by atoms with Crippen molar-refractivity contribution in [1.82, 2.24) is 10.3 Å². The number of sulfonamides is 1. The van der Waals surface area contributed by atoms with Gasteiger partial charge in [0.05, 0.1) is 5.69 Å². The molecule has 0 fully saturated rings. The monoisotopic (exact) mass is 320 g/mol. The summed E-state index contributed by atoms with van der Waals surface area (Å²) in [4.78, 5) is 3.89. The number of halogens is 1. The summed E-state index contributed by atoms with van der Waals surface area (Å²) in [5.41, 5.74) is 1.25. The van der Waals surface area contributed by atoms with E-state index in [9.17, 15) is 12.8 Å². The molecule has 0 atom stereocenters. The Bertz CT molecular complexity index is 822. The van der Waals surface area contributed by atoms with E-state index >= 15 is 0 Å². The van der Waals surface area contributed by atoms with Crippen LogP contribution in [0.5, 0.6) is 0 Å². The Morgan fingerprint density at radius 2 is 1.95 bits per heavy atom. The topological polar surface area (TPSA) is 83.5 Å². The van der Waals surface area contributed by atoms with Crippen molar-refractivity contribution < 1.29 is 12.8 Å². The van der Waals surface area contributed by atoms with Gasteiger partial charge >= 0.3 is 0 Å². The van der Waals surface area contributed by atoms with Gasteiger partial charge in [-0.2, -0.15) is 8.42 Å². The van der Waals surface area contributed by atoms with Crippen molar-refractivity contribution in [1.29, 1.82) is 0 Å². The Labute approximate surface area is 127 Å². The van der Waals surface area contributed by atoms with Crippen LogP contribution in [0.4, 0.5) is 10.1 Å². The fraction of sp³-hybridized carbons (Fsp3) is 0.143. The molecule has 0 unspecified atom stereocenters. The van der Waals surface area contributed by atoms with Gasteiger partial charge in [0, 0.05) is 18.9 Å². The molecule has 114 valence electrons. The number of hydrogen-bond acceptors (Lipinski definition) is 5. The van der Waals surface area contributed by atoms with Crippen LogP contribution in [0, 0.1) is 5.82 Å². The van der Waals surface area contributed by atoms with Gasteiger partial charge in [-0.1, -0.05) is 0 Å². The van der Waals surface area contributed by atoms with Crippen LogP contribution in [0.2, 0.25) is 0 Å². The van der Waals surface area contributed by atoms with E-state index in [0.717, 1.165) is 17.7 Å². The molecule has 0 saturated carbocycles. The highest BCUT2D eigenvalue weighted by Gasteiger charge is 2.24. The predicted molar refractivity (Wildman–Crippen MR) is 80.6 cm³/mol. The summed E-state index contributed by atoms with van der Waals surface area (Å²) in [6.07, 6.45) is 4.06. The molecule has 8 heteroatoms. The first kappa shape index (κ1) is 14.5. The van der Waals surface area contributed by atoms with Crippen molar-refractivity contribution >= 4 is 21.7 Å². The van der Waals surface area contributed by atoms with Gasteiger partial charge in [0.2, 0.25) is 5.96 Å². The second kappa shape index (κ2) is 5.72. The van der Waals surface area contributed by atoms with Crippen LogP contribution in [-0.2, 0) is 16.4 Å². The third-order valence-electron chi connectivity index (χ3n) is 3.14. The molecule has 0 radical (unpaired) electrons. The van der Waals surface area contributed by atoms with Crippen LogP contribution in [-0.4, -0.2) is 25.9 Å². The zero-order valence-electron chi connectivity index (χ0n) is 11.5. The van der Waals surface area contributed by atoms with E-state index in [2.05, 4.69) is 20.0 Å². The quantitative estimate of drug-likeness (QED) is 0.896. The molecule has 2 heterocycles. The number of fused-ring (bicyclic) bond motifs is 1. The van der Waals surface area contributed by atoms with Gasteiger partial charge < -0.3 is 10.6 Å². The fourth-order valence-electron chi connectivity index (χ4n) is 2.10. The van der Waals surface area contributed by atoms with Gasteiger partial charge in [-0.05, 0) is 42.3 Å². The largest absolute Gasteiger partial charge is 0.355 e. The van der Waals surface area contributed by atoms with E-state index in [0.29, 0.717) is 13.0 Å². The normalized spacial score (nSPS) is 15.4. The lowest BCUT2D eigenvalue weighted by atomic mass is 10.2. The molecule has 0 bridgehead atoms. The second-order valence-electron chi connectivity index (χ2n) is 4.71. The average Bonchev–Trinajstić information content (AvgIpc) is 2.47. The average molecular weight is 320 g/mol. The zero-order valence-corrected chi connectivity index (χ0v) is 12.3. The number of rotatable bonds is 3. The van der Waals surface area contributed by atoms with Crippen LogP contribution in [0.15, 0.2) is 52.0 Å². The Morgan fingerprint density at radius 3 is 2.73 bits per heavy atom. The van der Waals surface area contributed by atoms with Crippen molar-refractivity contribution in [2.75, 3.05) is 11.9 Å². The highest BCUT2D eigenvalue weighted by Crippen LogP contribution is 2.27. The van der Waals surface area contributed by atoms with Gasteiger partial charge in [-0.3, -0.25) is 4.98 Å². The van der Waals surface area contributed by atoms with Gasteiger partial charge in [0.25, 0.3) is 10.0 Å². The SMILES string of the molecule is O=S1(=O)N=C(NCCc2ccncc2)Nc2cc(F)ccc21. The standard InChI is InChI=1S/C14H13FN4O2S/c15-11-1-2-13-12(9-11)18-14(19-22(13,20)21)17-8-5-10-3-6-16-7-4-10/h1-4,6-7,9H,5,8H2,(H2,17,18,19). The van der Waals surface area contributed by atoms with Crippen molar-refractivity contribution in [2.45, 2.75) is 11.3 Å². The maximum absolute atomic E-state index is 13.2. The van der Waals surface area contributed by atoms with Crippen molar-refractivity contribution in [2.24, 2.45) is 4.40 Å². The first-order valence-electron chi connectivity index (χ1n) is 6.59. The predicted octanol–water partition coefficient (Wildman–Crippen LogP) is 1.52. The fourth-order valence-corrected chi connectivity index (χ4v) is 3.17. The van der Waals surface area contributed by atoms with Gasteiger partial charge in [-0.25, -0.2) is 4.39 Å². The molecule has 1 aromatic heterocycles. The van der Waals surface area contributed by atoms with Gasteiger partial charge in [0.15, 0.2) is 0 Å². The van der Waals surface area contributed by atoms with Crippen LogP contribution in [0.3, 0.4) is 0 Å². The van der Waals surface area contributed by atoms with E-state index in [1.54, 1.807) is 12.4 Å². The number of nitrogens with one attached hydrogen (secondary N) is 2. The highest BCUT2D eigenvalue weighted by molar-refractivity contribution is 7.90. The molecule has 0 amide bonds. The number of aromatic nitrogens is 1. The van der Waals surface area contributed by atoms with Crippen molar-refractivity contribution in [3.05, 3.63) is 54.1 Å². The summed E-state index contributed by atoms with van der Waals surface area (Å²) in [7, 11) is -3.82. The molecule has 22 heavy (non-hydrogen) atoms. The minimum atomic E-state index is -3.82. The molecule has 0 spiro atoms. The summed E-state index contributed by atoms with van der Waals surface area (Å²) >= 11 is 0. The molecule has 3 rings (SSSR count). The number of hydrogen-bond donors (Lipinski definition) is 2. The molecule has 1 aliphatic rings. The van der Waals surface area contributed by atoms with Crippen LogP contribution < -0.4 is 10.6 Å². The van der Waals surface area contributed by atoms with E-state index in [1.807, 2.05) is 12.1 Å². The molecule has 2 N–H and O–H groups in total. The van der Waals surface area contributed by atoms with Crippen LogP contribution in [0.25, 0.3) is 0 Å². The maximum Gasteiger partial charge on any atom is 0.287 e. The first-order valence-corrected chi connectivity index (χ1v) is 8.03. The number of guanidine groups is 1. The van der Waals surface area contributed by atoms with Gasteiger partial charge in [-0.15, -0.1) is 4.40 Å². The Kier molecular flexibility index (Phi) is 3.76. The van der Waals surface area contributed by atoms with Crippen LogP contribution in [0.1, 0.15) is 5.56 Å². The first-order chi connectivity index (χ1) is 10.5. The van der Waals surface area contributed by atoms with Gasteiger partial charge in [0.1, 0.15) is 10.7 Å². The summed E-state index contributed by atoms with van der Waals surface area (Å²) in [6.45, 7) is 0.482. The lowest BCUT2D eigenvalue weighted by Gasteiger charge is -2.19.